The highest BCUT2D eigenvalue weighted by Gasteiger charge is 2.22. The van der Waals surface area contributed by atoms with E-state index in [0.29, 0.717) is 23.4 Å². The average Bonchev–Trinajstić information content (AvgIpc) is 3.88. The Labute approximate surface area is 333 Å². The molecule has 0 aliphatic heterocycles. The van der Waals surface area contributed by atoms with Crippen molar-refractivity contribution in [3.8, 4) is 33.9 Å². The van der Waals surface area contributed by atoms with Gasteiger partial charge in [-0.3, -0.25) is 0 Å². The number of benzene rings is 8. The van der Waals surface area contributed by atoms with E-state index in [1.165, 1.54) is 10.9 Å². The molecule has 272 valence electrons. The van der Waals surface area contributed by atoms with Crippen LogP contribution in [-0.4, -0.2) is 15.0 Å². The zero-order chi connectivity index (χ0) is 38.2. The summed E-state index contributed by atoms with van der Waals surface area (Å²) in [6, 6.07) is 57.0. The first kappa shape index (κ1) is 32.6. The molecule has 1 atom stereocenters. The van der Waals surface area contributed by atoms with Crippen molar-refractivity contribution in [3.05, 3.63) is 193 Å². The number of hydrogen-bond donors (Lipinski definition) is 0. The fourth-order valence-electron chi connectivity index (χ4n) is 8.78. The van der Waals surface area contributed by atoms with E-state index in [1.54, 1.807) is 0 Å². The first-order chi connectivity index (χ1) is 28.7. The normalized spacial score (nSPS) is 14.3. The molecule has 11 aromatic rings. The highest BCUT2D eigenvalue weighted by Crippen LogP contribution is 2.44. The Morgan fingerprint density at radius 1 is 0.448 bits per heavy atom. The first-order valence-electron chi connectivity index (χ1n) is 19.7. The van der Waals surface area contributed by atoms with Crippen molar-refractivity contribution in [2.75, 3.05) is 0 Å². The molecule has 1 unspecified atom stereocenters. The van der Waals surface area contributed by atoms with Crippen molar-refractivity contribution in [1.29, 1.82) is 0 Å². The maximum Gasteiger partial charge on any atom is 0.164 e. The zero-order valence-corrected chi connectivity index (χ0v) is 31.3. The summed E-state index contributed by atoms with van der Waals surface area (Å²) >= 11 is 0. The van der Waals surface area contributed by atoms with Gasteiger partial charge in [0.15, 0.2) is 17.5 Å². The molecule has 0 bridgehead atoms. The van der Waals surface area contributed by atoms with Crippen molar-refractivity contribution in [2.24, 2.45) is 0 Å². The average molecular weight is 744 g/mol. The van der Waals surface area contributed by atoms with Gasteiger partial charge in [-0.1, -0.05) is 146 Å². The number of allylic oxidation sites excluding steroid dienone is 4. The van der Waals surface area contributed by atoms with Crippen molar-refractivity contribution in [2.45, 2.75) is 12.3 Å². The minimum Gasteiger partial charge on any atom is -0.456 e. The van der Waals surface area contributed by atoms with Gasteiger partial charge in [0.1, 0.15) is 22.3 Å². The van der Waals surface area contributed by atoms with E-state index in [0.717, 1.165) is 94.3 Å². The van der Waals surface area contributed by atoms with Crippen LogP contribution in [0.15, 0.2) is 191 Å². The summed E-state index contributed by atoms with van der Waals surface area (Å²) in [5.74, 6) is 2.19. The van der Waals surface area contributed by atoms with Crippen LogP contribution in [0.1, 0.15) is 23.7 Å². The maximum atomic E-state index is 6.69. The summed E-state index contributed by atoms with van der Waals surface area (Å²) in [6.45, 7) is 0. The molecule has 12 rings (SSSR count). The van der Waals surface area contributed by atoms with Crippen LogP contribution in [-0.2, 0) is 0 Å². The smallest absolute Gasteiger partial charge is 0.164 e. The zero-order valence-electron chi connectivity index (χ0n) is 31.3. The molecule has 1 aliphatic rings. The maximum absolute atomic E-state index is 6.69. The monoisotopic (exact) mass is 743 g/mol. The molecule has 0 amide bonds. The van der Waals surface area contributed by atoms with Gasteiger partial charge in [0, 0.05) is 49.5 Å². The summed E-state index contributed by atoms with van der Waals surface area (Å²) in [7, 11) is 0. The highest BCUT2D eigenvalue weighted by molar-refractivity contribution is 6.22. The molecule has 58 heavy (non-hydrogen) atoms. The summed E-state index contributed by atoms with van der Waals surface area (Å²) in [5.41, 5.74) is 9.62. The van der Waals surface area contributed by atoms with E-state index in [1.807, 2.05) is 24.3 Å². The van der Waals surface area contributed by atoms with Crippen LogP contribution >= 0.6 is 0 Å². The van der Waals surface area contributed by atoms with Crippen LogP contribution in [0.25, 0.3) is 105 Å². The molecule has 8 aromatic carbocycles. The summed E-state index contributed by atoms with van der Waals surface area (Å²) in [6.07, 6.45) is 7.54. The quantitative estimate of drug-likeness (QED) is 0.176. The molecule has 0 radical (unpaired) electrons. The Bertz CT molecular complexity index is 3500. The van der Waals surface area contributed by atoms with Crippen LogP contribution in [0, 0.1) is 0 Å². The standard InChI is InChI=1S/C53H33N3O2/c1-2-11-32(12-3-1)34-21-24-35(25-22-34)51-54-52(39-26-23-33-13-4-5-14-36(33)29-39)56-53(55-51)43-18-10-20-46-48(43)42-28-27-38(31-47(42)57-46)44-30-37-15-6-7-16-40(37)50-49(44)41-17-8-9-19-45(41)58-50/h1-21,23-31,34H,22H2. The first-order valence-corrected chi connectivity index (χ1v) is 19.7. The van der Waals surface area contributed by atoms with E-state index in [4.69, 9.17) is 23.8 Å². The number of nitrogens with zero attached hydrogens (tertiary/aromatic N) is 3. The van der Waals surface area contributed by atoms with Gasteiger partial charge in [0.25, 0.3) is 0 Å². The molecule has 1 aliphatic carbocycles. The second-order valence-electron chi connectivity index (χ2n) is 15.1. The largest absolute Gasteiger partial charge is 0.456 e. The van der Waals surface area contributed by atoms with Crippen molar-refractivity contribution < 1.29 is 8.83 Å². The molecule has 0 saturated heterocycles. The Kier molecular flexibility index (Phi) is 7.29. The fourth-order valence-corrected chi connectivity index (χ4v) is 8.78. The molecule has 3 heterocycles. The van der Waals surface area contributed by atoms with Gasteiger partial charge < -0.3 is 8.83 Å². The third-order valence-corrected chi connectivity index (χ3v) is 11.6. The topological polar surface area (TPSA) is 65.0 Å². The van der Waals surface area contributed by atoms with Gasteiger partial charge >= 0.3 is 0 Å². The predicted molar refractivity (Wildman–Crippen MR) is 237 cm³/mol. The van der Waals surface area contributed by atoms with Gasteiger partial charge in [-0.05, 0) is 75.7 Å². The molecule has 0 saturated carbocycles. The van der Waals surface area contributed by atoms with Crippen LogP contribution < -0.4 is 0 Å². The van der Waals surface area contributed by atoms with E-state index < -0.39 is 0 Å². The van der Waals surface area contributed by atoms with Gasteiger partial charge in [0.05, 0.1) is 0 Å². The molecule has 3 aromatic heterocycles. The molecule has 0 N–H and O–H groups in total. The summed E-state index contributed by atoms with van der Waals surface area (Å²) in [5, 5.41) is 8.70. The summed E-state index contributed by atoms with van der Waals surface area (Å²) in [4.78, 5) is 15.5. The van der Waals surface area contributed by atoms with Crippen LogP contribution in [0.4, 0.5) is 0 Å². The molecule has 5 heteroatoms. The van der Waals surface area contributed by atoms with E-state index in [2.05, 4.69) is 158 Å². The number of hydrogen-bond acceptors (Lipinski definition) is 5. The van der Waals surface area contributed by atoms with E-state index >= 15 is 0 Å². The number of furan rings is 2. The number of rotatable bonds is 5. The Morgan fingerprint density at radius 2 is 1.17 bits per heavy atom. The van der Waals surface area contributed by atoms with Gasteiger partial charge in [0.2, 0.25) is 0 Å². The Balaban J connectivity index is 1.02. The van der Waals surface area contributed by atoms with Crippen molar-refractivity contribution in [1.82, 2.24) is 15.0 Å². The SMILES string of the molecule is C1=CC(c2ccccc2)CC=C1c1nc(-c2ccc3ccccc3c2)nc(-c2cccc3oc4cc(-c5cc6ccccc6c6oc7ccccc7c56)ccc4c23)n1. The third-order valence-electron chi connectivity index (χ3n) is 11.6. The van der Waals surface area contributed by atoms with Gasteiger partial charge in [-0.2, -0.15) is 0 Å². The second-order valence-corrected chi connectivity index (χ2v) is 15.1. The Hall–Kier alpha value is -7.63. The molecule has 5 nitrogen and oxygen atoms in total. The lowest BCUT2D eigenvalue weighted by atomic mass is 9.90. The number of fused-ring (bicyclic) bond motifs is 9. The minimum absolute atomic E-state index is 0.306. The molecule has 0 spiro atoms. The number of para-hydroxylation sites is 1. The van der Waals surface area contributed by atoms with Gasteiger partial charge in [-0.15, -0.1) is 0 Å². The lowest BCUT2D eigenvalue weighted by Crippen LogP contribution is -2.05. The van der Waals surface area contributed by atoms with Crippen LogP contribution in [0.5, 0.6) is 0 Å². The van der Waals surface area contributed by atoms with Crippen molar-refractivity contribution in [3.63, 3.8) is 0 Å². The lowest BCUT2D eigenvalue weighted by Gasteiger charge is -2.17. The lowest BCUT2D eigenvalue weighted by molar-refractivity contribution is 0.669. The third kappa shape index (κ3) is 5.28. The molecular formula is C53H33N3O2. The van der Waals surface area contributed by atoms with Gasteiger partial charge in [-0.25, -0.2) is 15.0 Å². The fraction of sp³-hybridized carbons (Fsp3) is 0.0377. The second kappa shape index (κ2) is 13.0. The van der Waals surface area contributed by atoms with Crippen LogP contribution in [0.2, 0.25) is 0 Å². The molecule has 0 fully saturated rings. The highest BCUT2D eigenvalue weighted by atomic mass is 16.3. The Morgan fingerprint density at radius 3 is 2.05 bits per heavy atom. The molecular weight excluding hydrogens is 711 g/mol. The van der Waals surface area contributed by atoms with E-state index in [9.17, 15) is 0 Å². The van der Waals surface area contributed by atoms with E-state index in [-0.39, 0.29) is 0 Å². The minimum atomic E-state index is 0.306. The van der Waals surface area contributed by atoms with Crippen LogP contribution in [0.3, 0.4) is 0 Å². The number of aromatic nitrogens is 3. The van der Waals surface area contributed by atoms with Crippen molar-refractivity contribution >= 4 is 71.0 Å². The predicted octanol–water partition coefficient (Wildman–Crippen LogP) is 14.1. The summed E-state index contributed by atoms with van der Waals surface area (Å²) < 4.78 is 13.2.